The van der Waals surface area contributed by atoms with Gasteiger partial charge in [-0.3, -0.25) is 0 Å². The molecule has 0 heterocycles. The maximum atomic E-state index is 8.93. The predicted octanol–water partition coefficient (Wildman–Crippen LogP) is 3.34. The van der Waals surface area contributed by atoms with Gasteiger partial charge in [0.25, 0.3) is 0 Å². The topological polar surface area (TPSA) is 32.3 Å². The fourth-order valence-electron chi connectivity index (χ4n) is 3.01. The van der Waals surface area contributed by atoms with E-state index in [1.54, 1.807) is 0 Å². The first-order valence-corrected chi connectivity index (χ1v) is 7.30. The SMILES string of the molecule is CC(CCO)NC1CCCC(C(C)(C)C)CC1. The Bertz CT molecular complexity index is 209. The zero-order valence-electron chi connectivity index (χ0n) is 12.1. The molecule has 1 aliphatic rings. The van der Waals surface area contributed by atoms with Gasteiger partial charge in [-0.25, -0.2) is 0 Å². The van der Waals surface area contributed by atoms with Gasteiger partial charge in [-0.15, -0.1) is 0 Å². The molecule has 1 fully saturated rings. The van der Waals surface area contributed by atoms with Crippen molar-refractivity contribution in [3.05, 3.63) is 0 Å². The van der Waals surface area contributed by atoms with Crippen LogP contribution in [0.25, 0.3) is 0 Å². The molecule has 3 atom stereocenters. The Labute approximate surface area is 107 Å². The van der Waals surface area contributed by atoms with E-state index in [2.05, 4.69) is 33.0 Å². The molecule has 0 aromatic rings. The molecular formula is C15H31NO. The molecule has 0 bridgehead atoms. The first kappa shape index (κ1) is 15.0. The summed E-state index contributed by atoms with van der Waals surface area (Å²) >= 11 is 0. The summed E-state index contributed by atoms with van der Waals surface area (Å²) < 4.78 is 0. The molecule has 0 radical (unpaired) electrons. The fraction of sp³-hybridized carbons (Fsp3) is 1.00. The van der Waals surface area contributed by atoms with Crippen molar-refractivity contribution in [1.29, 1.82) is 0 Å². The number of nitrogens with one attached hydrogen (secondary N) is 1. The van der Waals surface area contributed by atoms with Crippen LogP contribution in [0.4, 0.5) is 0 Å². The van der Waals surface area contributed by atoms with Crippen molar-refractivity contribution in [2.75, 3.05) is 6.61 Å². The van der Waals surface area contributed by atoms with Gasteiger partial charge in [0.15, 0.2) is 0 Å². The van der Waals surface area contributed by atoms with Gasteiger partial charge in [0, 0.05) is 18.7 Å². The molecule has 1 aliphatic carbocycles. The summed E-state index contributed by atoms with van der Waals surface area (Å²) in [5.74, 6) is 0.877. The van der Waals surface area contributed by atoms with Crippen LogP contribution in [0.1, 0.15) is 66.2 Å². The molecule has 3 unspecified atom stereocenters. The van der Waals surface area contributed by atoms with Crippen molar-refractivity contribution in [3.8, 4) is 0 Å². The molecule has 0 spiro atoms. The molecular weight excluding hydrogens is 210 g/mol. The second-order valence-corrected chi connectivity index (χ2v) is 6.85. The summed E-state index contributed by atoms with van der Waals surface area (Å²) in [5.41, 5.74) is 0.464. The number of aliphatic hydroxyl groups excluding tert-OH is 1. The molecule has 17 heavy (non-hydrogen) atoms. The summed E-state index contributed by atoms with van der Waals surface area (Å²) in [5, 5.41) is 12.6. The van der Waals surface area contributed by atoms with Gasteiger partial charge < -0.3 is 10.4 Å². The van der Waals surface area contributed by atoms with Crippen LogP contribution in [0.2, 0.25) is 0 Å². The molecule has 0 saturated heterocycles. The third-order valence-electron chi connectivity index (χ3n) is 4.28. The average Bonchev–Trinajstić information content (AvgIpc) is 2.42. The van der Waals surface area contributed by atoms with Crippen LogP contribution in [-0.2, 0) is 0 Å². The monoisotopic (exact) mass is 241 g/mol. The maximum Gasteiger partial charge on any atom is 0.0445 e. The summed E-state index contributed by atoms with van der Waals surface area (Å²) in [6.45, 7) is 9.60. The van der Waals surface area contributed by atoms with Gasteiger partial charge in [0.2, 0.25) is 0 Å². The van der Waals surface area contributed by atoms with Crippen LogP contribution >= 0.6 is 0 Å². The van der Waals surface area contributed by atoms with E-state index in [9.17, 15) is 0 Å². The van der Waals surface area contributed by atoms with Gasteiger partial charge >= 0.3 is 0 Å². The number of hydrogen-bond acceptors (Lipinski definition) is 2. The second kappa shape index (κ2) is 6.75. The summed E-state index contributed by atoms with van der Waals surface area (Å²) in [6.07, 6.45) is 7.58. The van der Waals surface area contributed by atoms with Gasteiger partial charge in [-0.1, -0.05) is 27.2 Å². The lowest BCUT2D eigenvalue weighted by molar-refractivity contribution is 0.212. The quantitative estimate of drug-likeness (QED) is 0.740. The van der Waals surface area contributed by atoms with Crippen LogP contribution in [0.5, 0.6) is 0 Å². The van der Waals surface area contributed by atoms with E-state index in [-0.39, 0.29) is 0 Å². The molecule has 2 nitrogen and oxygen atoms in total. The summed E-state index contributed by atoms with van der Waals surface area (Å²) in [4.78, 5) is 0. The Morgan fingerprint density at radius 2 is 1.88 bits per heavy atom. The van der Waals surface area contributed by atoms with Crippen molar-refractivity contribution in [3.63, 3.8) is 0 Å². The Morgan fingerprint density at radius 3 is 2.47 bits per heavy atom. The molecule has 1 rings (SSSR count). The molecule has 0 amide bonds. The highest BCUT2D eigenvalue weighted by Crippen LogP contribution is 2.36. The molecule has 2 N–H and O–H groups in total. The van der Waals surface area contributed by atoms with Gasteiger partial charge in [-0.2, -0.15) is 0 Å². The van der Waals surface area contributed by atoms with Crippen molar-refractivity contribution in [1.82, 2.24) is 5.32 Å². The zero-order chi connectivity index (χ0) is 12.9. The molecule has 0 aromatic carbocycles. The lowest BCUT2D eigenvalue weighted by Crippen LogP contribution is -2.36. The lowest BCUT2D eigenvalue weighted by Gasteiger charge is -2.30. The van der Waals surface area contributed by atoms with Crippen LogP contribution in [0.15, 0.2) is 0 Å². The highest BCUT2D eigenvalue weighted by atomic mass is 16.3. The minimum absolute atomic E-state index is 0.297. The average molecular weight is 241 g/mol. The summed E-state index contributed by atoms with van der Waals surface area (Å²) in [6, 6.07) is 1.13. The molecule has 0 aromatic heterocycles. The standard InChI is InChI=1S/C15H31NO/c1-12(10-11-17)16-14-7-5-6-13(8-9-14)15(2,3)4/h12-14,16-17H,5-11H2,1-4H3. The molecule has 102 valence electrons. The van der Waals surface area contributed by atoms with E-state index in [1.807, 2.05) is 0 Å². The minimum atomic E-state index is 0.297. The van der Waals surface area contributed by atoms with E-state index in [0.29, 0.717) is 24.1 Å². The molecule has 2 heteroatoms. The van der Waals surface area contributed by atoms with E-state index >= 15 is 0 Å². The van der Waals surface area contributed by atoms with Crippen molar-refractivity contribution in [2.45, 2.75) is 78.3 Å². The lowest BCUT2D eigenvalue weighted by atomic mass is 9.76. The van der Waals surface area contributed by atoms with Crippen LogP contribution < -0.4 is 5.32 Å². The van der Waals surface area contributed by atoms with Crippen molar-refractivity contribution < 1.29 is 5.11 Å². The number of hydrogen-bond donors (Lipinski definition) is 2. The molecule has 1 saturated carbocycles. The Balaban J connectivity index is 2.37. The first-order valence-electron chi connectivity index (χ1n) is 7.30. The minimum Gasteiger partial charge on any atom is -0.396 e. The molecule has 0 aliphatic heterocycles. The second-order valence-electron chi connectivity index (χ2n) is 6.85. The third-order valence-corrected chi connectivity index (χ3v) is 4.28. The Morgan fingerprint density at radius 1 is 1.18 bits per heavy atom. The van der Waals surface area contributed by atoms with Crippen molar-refractivity contribution >= 4 is 0 Å². The highest BCUT2D eigenvalue weighted by molar-refractivity contribution is 4.82. The van der Waals surface area contributed by atoms with Crippen LogP contribution in [0.3, 0.4) is 0 Å². The van der Waals surface area contributed by atoms with E-state index in [1.165, 1.54) is 32.1 Å². The zero-order valence-corrected chi connectivity index (χ0v) is 12.1. The largest absolute Gasteiger partial charge is 0.396 e. The summed E-state index contributed by atoms with van der Waals surface area (Å²) in [7, 11) is 0. The Kier molecular flexibility index (Phi) is 5.94. The normalized spacial score (nSPS) is 28.8. The maximum absolute atomic E-state index is 8.93. The smallest absolute Gasteiger partial charge is 0.0445 e. The van der Waals surface area contributed by atoms with Gasteiger partial charge in [-0.05, 0) is 50.4 Å². The number of rotatable bonds is 4. The van der Waals surface area contributed by atoms with Crippen LogP contribution in [-0.4, -0.2) is 23.8 Å². The highest BCUT2D eigenvalue weighted by Gasteiger charge is 2.27. The van der Waals surface area contributed by atoms with Gasteiger partial charge in [0.05, 0.1) is 0 Å². The van der Waals surface area contributed by atoms with Gasteiger partial charge in [0.1, 0.15) is 0 Å². The first-order chi connectivity index (χ1) is 7.93. The fourth-order valence-corrected chi connectivity index (χ4v) is 3.01. The predicted molar refractivity (Wildman–Crippen MR) is 74.1 cm³/mol. The third kappa shape index (κ3) is 5.39. The van der Waals surface area contributed by atoms with Crippen molar-refractivity contribution in [2.24, 2.45) is 11.3 Å². The van der Waals surface area contributed by atoms with Crippen LogP contribution in [0, 0.1) is 11.3 Å². The van der Waals surface area contributed by atoms with E-state index in [0.717, 1.165) is 12.3 Å². The van der Waals surface area contributed by atoms with E-state index < -0.39 is 0 Å². The Hall–Kier alpha value is -0.0800. The van der Waals surface area contributed by atoms with E-state index in [4.69, 9.17) is 5.11 Å². The number of aliphatic hydroxyl groups is 1.